The minimum absolute atomic E-state index is 0.0268. The van der Waals surface area contributed by atoms with E-state index in [1.165, 1.54) is 11.0 Å². The SMILES string of the molecule is CC[C@H](C)NC(=O)[C@H](C)N(Cc1ccc(Cl)cc1)C(=O)CCCN(c1cccc(C(F)(F)F)c1)S(C)(=O)=O. The second kappa shape index (κ2) is 13.3. The maximum Gasteiger partial charge on any atom is 0.416 e. The summed E-state index contributed by atoms with van der Waals surface area (Å²) >= 11 is 5.96. The highest BCUT2D eigenvalue weighted by atomic mass is 35.5. The molecule has 210 valence electrons. The van der Waals surface area contributed by atoms with Crippen molar-refractivity contribution in [1.29, 1.82) is 0 Å². The molecule has 0 aliphatic rings. The number of halogens is 4. The molecular weight excluding hydrogens is 543 g/mol. The van der Waals surface area contributed by atoms with Crippen LogP contribution in [0.25, 0.3) is 0 Å². The van der Waals surface area contributed by atoms with Gasteiger partial charge >= 0.3 is 6.18 Å². The number of carbonyl (C=O) groups excluding carboxylic acids is 2. The van der Waals surface area contributed by atoms with Gasteiger partial charge in [-0.1, -0.05) is 36.7 Å². The van der Waals surface area contributed by atoms with Crippen molar-refractivity contribution in [3.05, 3.63) is 64.7 Å². The van der Waals surface area contributed by atoms with Gasteiger partial charge in [-0.15, -0.1) is 0 Å². The van der Waals surface area contributed by atoms with Gasteiger partial charge in [0.1, 0.15) is 6.04 Å². The molecule has 2 rings (SSSR count). The molecule has 7 nitrogen and oxygen atoms in total. The Morgan fingerprint density at radius 2 is 1.71 bits per heavy atom. The predicted octanol–water partition coefficient (Wildman–Crippen LogP) is 5.24. The second-order valence-corrected chi connectivity index (χ2v) is 11.5. The van der Waals surface area contributed by atoms with Gasteiger partial charge in [0.05, 0.1) is 17.5 Å². The van der Waals surface area contributed by atoms with Crippen LogP contribution in [0, 0.1) is 0 Å². The maximum atomic E-state index is 13.3. The number of alkyl halides is 3. The van der Waals surface area contributed by atoms with Crippen molar-refractivity contribution in [3.8, 4) is 0 Å². The summed E-state index contributed by atoms with van der Waals surface area (Å²) in [5.74, 6) is -0.729. The molecule has 0 spiro atoms. The van der Waals surface area contributed by atoms with Crippen LogP contribution < -0.4 is 9.62 Å². The summed E-state index contributed by atoms with van der Waals surface area (Å²) in [6, 6.07) is 9.92. The minimum Gasteiger partial charge on any atom is -0.352 e. The van der Waals surface area contributed by atoms with Gasteiger partial charge in [-0.3, -0.25) is 13.9 Å². The lowest BCUT2D eigenvalue weighted by molar-refractivity contribution is -0.140. The van der Waals surface area contributed by atoms with Crippen LogP contribution in [0.3, 0.4) is 0 Å². The van der Waals surface area contributed by atoms with Crippen LogP contribution in [0.4, 0.5) is 18.9 Å². The lowest BCUT2D eigenvalue weighted by Crippen LogP contribution is -2.49. The van der Waals surface area contributed by atoms with Crippen molar-refractivity contribution in [2.45, 2.75) is 64.8 Å². The highest BCUT2D eigenvalue weighted by Gasteiger charge is 2.32. The number of hydrogen-bond donors (Lipinski definition) is 1. The van der Waals surface area contributed by atoms with Gasteiger partial charge in [-0.25, -0.2) is 8.42 Å². The smallest absolute Gasteiger partial charge is 0.352 e. The van der Waals surface area contributed by atoms with E-state index in [1.807, 2.05) is 13.8 Å². The predicted molar refractivity (Wildman–Crippen MR) is 142 cm³/mol. The van der Waals surface area contributed by atoms with Gasteiger partial charge in [0.2, 0.25) is 21.8 Å². The number of benzene rings is 2. The number of anilines is 1. The molecule has 0 aliphatic heterocycles. The highest BCUT2D eigenvalue weighted by molar-refractivity contribution is 7.92. The molecule has 12 heteroatoms. The summed E-state index contributed by atoms with van der Waals surface area (Å²) in [5, 5.41) is 3.38. The number of amides is 2. The van der Waals surface area contributed by atoms with Crippen LogP contribution in [-0.4, -0.2) is 50.0 Å². The first-order chi connectivity index (χ1) is 17.6. The fourth-order valence-corrected chi connectivity index (χ4v) is 4.76. The molecule has 38 heavy (non-hydrogen) atoms. The topological polar surface area (TPSA) is 86.8 Å². The Hall–Kier alpha value is -2.79. The van der Waals surface area contributed by atoms with Gasteiger partial charge in [0, 0.05) is 30.6 Å². The van der Waals surface area contributed by atoms with Crippen molar-refractivity contribution in [3.63, 3.8) is 0 Å². The Kier molecular flexibility index (Phi) is 11.0. The van der Waals surface area contributed by atoms with Crippen LogP contribution >= 0.6 is 11.6 Å². The first-order valence-electron chi connectivity index (χ1n) is 12.1. The molecule has 0 radical (unpaired) electrons. The summed E-state index contributed by atoms with van der Waals surface area (Å²) < 4.78 is 65.1. The van der Waals surface area contributed by atoms with E-state index in [4.69, 9.17) is 11.6 Å². The van der Waals surface area contributed by atoms with Crippen LogP contribution in [0.15, 0.2) is 48.5 Å². The number of hydrogen-bond acceptors (Lipinski definition) is 4. The third-order valence-electron chi connectivity index (χ3n) is 6.05. The Morgan fingerprint density at radius 3 is 2.26 bits per heavy atom. The average molecular weight is 576 g/mol. The van der Waals surface area contributed by atoms with Crippen LogP contribution in [-0.2, 0) is 32.3 Å². The third kappa shape index (κ3) is 9.20. The molecule has 1 N–H and O–H groups in total. The first-order valence-corrected chi connectivity index (χ1v) is 14.3. The minimum atomic E-state index is -4.64. The lowest BCUT2D eigenvalue weighted by Gasteiger charge is -2.30. The van der Waals surface area contributed by atoms with E-state index in [0.29, 0.717) is 11.4 Å². The number of nitrogens with one attached hydrogen (secondary N) is 1. The van der Waals surface area contributed by atoms with Crippen LogP contribution in [0.2, 0.25) is 5.02 Å². The largest absolute Gasteiger partial charge is 0.416 e. The number of sulfonamides is 1. The summed E-state index contributed by atoms with van der Waals surface area (Å²) in [5.41, 5.74) is -0.378. The molecule has 2 aromatic carbocycles. The van der Waals surface area contributed by atoms with E-state index in [-0.39, 0.29) is 43.6 Å². The van der Waals surface area contributed by atoms with Crippen molar-refractivity contribution in [2.24, 2.45) is 0 Å². The van der Waals surface area contributed by atoms with E-state index >= 15 is 0 Å². The molecule has 2 aromatic rings. The normalized spacial score (nSPS) is 13.5. The second-order valence-electron chi connectivity index (χ2n) is 9.13. The van der Waals surface area contributed by atoms with Crippen molar-refractivity contribution in [2.75, 3.05) is 17.1 Å². The zero-order valence-corrected chi connectivity index (χ0v) is 23.3. The van der Waals surface area contributed by atoms with Gasteiger partial charge in [-0.2, -0.15) is 13.2 Å². The van der Waals surface area contributed by atoms with Crippen molar-refractivity contribution >= 4 is 39.1 Å². The quantitative estimate of drug-likeness (QED) is 0.375. The van der Waals surface area contributed by atoms with E-state index < -0.39 is 33.7 Å². The Labute approximate surface area is 227 Å². The molecule has 0 saturated heterocycles. The molecule has 0 fully saturated rings. The number of rotatable bonds is 12. The molecule has 0 aliphatic carbocycles. The molecule has 0 aromatic heterocycles. The van der Waals surface area contributed by atoms with E-state index in [2.05, 4.69) is 5.32 Å². The summed E-state index contributed by atoms with van der Waals surface area (Å²) in [6.07, 6.45) is -3.13. The maximum absolute atomic E-state index is 13.3. The molecular formula is C26H33ClF3N3O4S. The van der Waals surface area contributed by atoms with Crippen molar-refractivity contribution in [1.82, 2.24) is 10.2 Å². The van der Waals surface area contributed by atoms with Crippen molar-refractivity contribution < 1.29 is 31.2 Å². The van der Waals surface area contributed by atoms with Gasteiger partial charge in [0.15, 0.2) is 0 Å². The van der Waals surface area contributed by atoms with E-state index in [9.17, 15) is 31.2 Å². The third-order valence-corrected chi connectivity index (χ3v) is 7.49. The number of nitrogens with zero attached hydrogens (tertiary/aromatic N) is 2. The molecule has 2 atom stereocenters. The monoisotopic (exact) mass is 575 g/mol. The first kappa shape index (κ1) is 31.4. The Morgan fingerprint density at radius 1 is 1.08 bits per heavy atom. The zero-order chi connectivity index (χ0) is 28.7. The van der Waals surface area contributed by atoms with Gasteiger partial charge < -0.3 is 10.2 Å². The average Bonchev–Trinajstić information content (AvgIpc) is 2.84. The fraction of sp³-hybridized carbons (Fsp3) is 0.462. The summed E-state index contributed by atoms with van der Waals surface area (Å²) in [6.45, 7) is 5.29. The van der Waals surface area contributed by atoms with Gasteiger partial charge in [-0.05, 0) is 62.6 Å². The summed E-state index contributed by atoms with van der Waals surface area (Å²) in [4.78, 5) is 27.5. The van der Waals surface area contributed by atoms with Crippen LogP contribution in [0.1, 0.15) is 51.2 Å². The highest BCUT2D eigenvalue weighted by Crippen LogP contribution is 2.32. The van der Waals surface area contributed by atoms with E-state index in [1.54, 1.807) is 31.2 Å². The fourth-order valence-electron chi connectivity index (χ4n) is 3.68. The Balaban J connectivity index is 2.21. The molecule has 2 amide bonds. The summed E-state index contributed by atoms with van der Waals surface area (Å²) in [7, 11) is -3.93. The molecule has 0 saturated carbocycles. The standard InChI is InChI=1S/C26H33ClF3N3O4S/c1-5-18(2)31-25(35)19(3)32(17-20-11-13-22(27)14-12-20)24(34)10-7-15-33(38(4,36)37)23-9-6-8-21(16-23)26(28,29)30/h6,8-9,11-14,16,18-19H,5,7,10,15,17H2,1-4H3,(H,31,35)/t18-,19-/m0/s1. The van der Waals surface area contributed by atoms with Gasteiger partial charge in [0.25, 0.3) is 0 Å². The van der Waals surface area contributed by atoms with Crippen LogP contribution in [0.5, 0.6) is 0 Å². The molecule has 0 heterocycles. The number of carbonyl (C=O) groups is 2. The lowest BCUT2D eigenvalue weighted by atomic mass is 10.1. The molecule has 0 unspecified atom stereocenters. The molecule has 0 bridgehead atoms. The zero-order valence-electron chi connectivity index (χ0n) is 21.8. The Bertz CT molecular complexity index is 1210. The van der Waals surface area contributed by atoms with E-state index in [0.717, 1.165) is 34.3 Å².